The highest BCUT2D eigenvalue weighted by atomic mass is 16.3. The molecule has 5 N–H and O–H groups in total. The standard InChI is InChI=1S/C10H14N4O/c1-6-3-8(15)4-7(2)9(6)5-13-14-10(11)12/h3-5,15H,1-2H3,(H4,11,12,14)/b13-5+. The third-order valence-corrected chi connectivity index (χ3v) is 1.94. The lowest BCUT2D eigenvalue weighted by atomic mass is 10.0. The van der Waals surface area contributed by atoms with Gasteiger partial charge in [0.15, 0.2) is 0 Å². The lowest BCUT2D eigenvalue weighted by Crippen LogP contribution is -2.21. The van der Waals surface area contributed by atoms with E-state index in [1.807, 2.05) is 13.8 Å². The molecule has 0 aliphatic heterocycles. The molecule has 5 nitrogen and oxygen atoms in total. The molecule has 0 spiro atoms. The van der Waals surface area contributed by atoms with Crippen LogP contribution in [-0.4, -0.2) is 17.3 Å². The Morgan fingerprint density at radius 3 is 2.27 bits per heavy atom. The number of nitrogens with two attached hydrogens (primary N) is 2. The first-order chi connectivity index (χ1) is 7.00. The van der Waals surface area contributed by atoms with Crippen molar-refractivity contribution in [3.8, 4) is 5.75 Å². The minimum atomic E-state index is -0.0830. The first kappa shape index (κ1) is 11.0. The minimum Gasteiger partial charge on any atom is -0.508 e. The molecule has 0 fully saturated rings. The van der Waals surface area contributed by atoms with Crippen LogP contribution in [0.15, 0.2) is 22.3 Å². The summed E-state index contributed by atoms with van der Waals surface area (Å²) in [6.45, 7) is 3.76. The summed E-state index contributed by atoms with van der Waals surface area (Å²) in [6.07, 6.45) is 1.56. The average Bonchev–Trinajstić information content (AvgIpc) is 2.08. The summed E-state index contributed by atoms with van der Waals surface area (Å²) in [5.41, 5.74) is 13.0. The van der Waals surface area contributed by atoms with Crippen molar-refractivity contribution < 1.29 is 5.11 Å². The Balaban J connectivity index is 3.05. The first-order valence-electron chi connectivity index (χ1n) is 4.43. The van der Waals surface area contributed by atoms with Gasteiger partial charge in [0, 0.05) is 5.56 Å². The van der Waals surface area contributed by atoms with Crippen molar-refractivity contribution in [3.63, 3.8) is 0 Å². The molecular formula is C10H14N4O. The van der Waals surface area contributed by atoms with Gasteiger partial charge in [-0.2, -0.15) is 5.10 Å². The lowest BCUT2D eigenvalue weighted by molar-refractivity contribution is 0.474. The number of hydrogen-bond donors (Lipinski definition) is 3. The Labute approximate surface area is 88.1 Å². The molecule has 0 aromatic heterocycles. The lowest BCUT2D eigenvalue weighted by Gasteiger charge is -2.04. The van der Waals surface area contributed by atoms with Crippen molar-refractivity contribution in [2.75, 3.05) is 0 Å². The number of guanidine groups is 1. The molecule has 1 aromatic carbocycles. The summed E-state index contributed by atoms with van der Waals surface area (Å²) in [5, 5.41) is 16.5. The maximum atomic E-state index is 9.32. The highest BCUT2D eigenvalue weighted by molar-refractivity contribution is 5.85. The van der Waals surface area contributed by atoms with Crippen molar-refractivity contribution in [1.29, 1.82) is 0 Å². The molecule has 0 unspecified atom stereocenters. The third-order valence-electron chi connectivity index (χ3n) is 1.94. The molecule has 0 saturated heterocycles. The van der Waals surface area contributed by atoms with Gasteiger partial charge in [0.1, 0.15) is 5.75 Å². The second-order valence-electron chi connectivity index (χ2n) is 3.26. The van der Waals surface area contributed by atoms with Gasteiger partial charge in [0.05, 0.1) is 6.21 Å². The Morgan fingerprint density at radius 1 is 1.27 bits per heavy atom. The van der Waals surface area contributed by atoms with E-state index >= 15 is 0 Å². The van der Waals surface area contributed by atoms with Crippen molar-refractivity contribution in [2.45, 2.75) is 13.8 Å². The first-order valence-corrected chi connectivity index (χ1v) is 4.43. The molecule has 5 heteroatoms. The van der Waals surface area contributed by atoms with Crippen LogP contribution in [0.3, 0.4) is 0 Å². The molecule has 0 atom stereocenters. The maximum Gasteiger partial charge on any atom is 0.211 e. The van der Waals surface area contributed by atoms with Gasteiger partial charge in [-0.25, -0.2) is 0 Å². The molecule has 15 heavy (non-hydrogen) atoms. The third kappa shape index (κ3) is 2.98. The fourth-order valence-corrected chi connectivity index (χ4v) is 1.31. The van der Waals surface area contributed by atoms with Crippen LogP contribution in [0.5, 0.6) is 5.75 Å². The Hall–Kier alpha value is -2.04. The summed E-state index contributed by atoms with van der Waals surface area (Å²) in [7, 11) is 0. The van der Waals surface area contributed by atoms with E-state index in [2.05, 4.69) is 10.2 Å². The Morgan fingerprint density at radius 2 is 1.80 bits per heavy atom. The molecule has 1 aromatic rings. The highest BCUT2D eigenvalue weighted by Gasteiger charge is 2.01. The van der Waals surface area contributed by atoms with E-state index in [-0.39, 0.29) is 11.7 Å². The molecule has 0 radical (unpaired) electrons. The SMILES string of the molecule is Cc1cc(O)cc(C)c1/C=N/N=C(N)N. The van der Waals surface area contributed by atoms with Crippen LogP contribution in [0.1, 0.15) is 16.7 Å². The number of phenols is 1. The van der Waals surface area contributed by atoms with Gasteiger partial charge in [-0.05, 0) is 37.1 Å². The smallest absolute Gasteiger partial charge is 0.211 e. The Kier molecular flexibility index (Phi) is 3.28. The van der Waals surface area contributed by atoms with Gasteiger partial charge in [-0.1, -0.05) is 0 Å². The van der Waals surface area contributed by atoms with Crippen LogP contribution in [0.25, 0.3) is 0 Å². The van der Waals surface area contributed by atoms with Crippen LogP contribution in [0, 0.1) is 13.8 Å². The van der Waals surface area contributed by atoms with E-state index in [1.165, 1.54) is 0 Å². The van der Waals surface area contributed by atoms with Gasteiger partial charge in [0.2, 0.25) is 5.96 Å². The number of nitrogens with zero attached hydrogens (tertiary/aromatic N) is 2. The fourth-order valence-electron chi connectivity index (χ4n) is 1.31. The molecule has 0 heterocycles. The zero-order chi connectivity index (χ0) is 11.4. The molecular weight excluding hydrogens is 192 g/mol. The number of hydrogen-bond acceptors (Lipinski definition) is 3. The molecule has 0 aliphatic rings. The monoisotopic (exact) mass is 206 g/mol. The van der Waals surface area contributed by atoms with E-state index in [0.29, 0.717) is 0 Å². The summed E-state index contributed by atoms with van der Waals surface area (Å²) in [6, 6.07) is 3.31. The predicted molar refractivity (Wildman–Crippen MR) is 61.0 cm³/mol. The second-order valence-corrected chi connectivity index (χ2v) is 3.26. The van der Waals surface area contributed by atoms with Crippen molar-refractivity contribution in [1.82, 2.24) is 0 Å². The van der Waals surface area contributed by atoms with Crippen molar-refractivity contribution >= 4 is 12.2 Å². The van der Waals surface area contributed by atoms with Gasteiger partial charge in [-0.3, -0.25) is 0 Å². The number of benzene rings is 1. The van der Waals surface area contributed by atoms with Crippen LogP contribution >= 0.6 is 0 Å². The molecule has 0 bridgehead atoms. The van der Waals surface area contributed by atoms with Crippen LogP contribution in [0.4, 0.5) is 0 Å². The number of aromatic hydroxyl groups is 1. The number of rotatable bonds is 2. The summed E-state index contributed by atoms with van der Waals surface area (Å²) in [5.74, 6) is 0.157. The Bertz CT molecular complexity index is 396. The summed E-state index contributed by atoms with van der Waals surface area (Å²) in [4.78, 5) is 0. The maximum absolute atomic E-state index is 9.32. The quantitative estimate of drug-likeness (QED) is 0.376. The van der Waals surface area contributed by atoms with Gasteiger partial charge < -0.3 is 16.6 Å². The molecule has 1 rings (SSSR count). The van der Waals surface area contributed by atoms with Gasteiger partial charge in [0.25, 0.3) is 0 Å². The predicted octanol–water partition coefficient (Wildman–Crippen LogP) is 0.616. The van der Waals surface area contributed by atoms with Crippen molar-refractivity contribution in [2.24, 2.45) is 21.7 Å². The van der Waals surface area contributed by atoms with E-state index in [1.54, 1.807) is 18.3 Å². The minimum absolute atomic E-state index is 0.0830. The van der Waals surface area contributed by atoms with Crippen LogP contribution in [0.2, 0.25) is 0 Å². The normalized spacial score (nSPS) is 10.5. The van der Waals surface area contributed by atoms with Crippen LogP contribution in [-0.2, 0) is 0 Å². The fraction of sp³-hybridized carbons (Fsp3) is 0.200. The largest absolute Gasteiger partial charge is 0.508 e. The molecule has 0 aliphatic carbocycles. The summed E-state index contributed by atoms with van der Waals surface area (Å²) < 4.78 is 0. The second kappa shape index (κ2) is 4.45. The topological polar surface area (TPSA) is 97.0 Å². The zero-order valence-electron chi connectivity index (χ0n) is 8.73. The average molecular weight is 206 g/mol. The van der Waals surface area contributed by atoms with Crippen molar-refractivity contribution in [3.05, 3.63) is 28.8 Å². The molecule has 0 saturated carbocycles. The molecule has 0 amide bonds. The van der Waals surface area contributed by atoms with Gasteiger partial charge in [-0.15, -0.1) is 5.10 Å². The van der Waals surface area contributed by atoms with E-state index in [4.69, 9.17) is 11.5 Å². The number of aryl methyl sites for hydroxylation is 2. The van der Waals surface area contributed by atoms with Gasteiger partial charge >= 0.3 is 0 Å². The van der Waals surface area contributed by atoms with E-state index in [9.17, 15) is 5.11 Å². The zero-order valence-corrected chi connectivity index (χ0v) is 8.73. The summed E-state index contributed by atoms with van der Waals surface area (Å²) >= 11 is 0. The van der Waals surface area contributed by atoms with E-state index in [0.717, 1.165) is 16.7 Å². The molecule has 80 valence electrons. The van der Waals surface area contributed by atoms with E-state index < -0.39 is 0 Å². The highest BCUT2D eigenvalue weighted by Crippen LogP contribution is 2.18. The van der Waals surface area contributed by atoms with Crippen LogP contribution < -0.4 is 11.5 Å². The number of phenolic OH excluding ortho intramolecular Hbond substituents is 1.